The lowest BCUT2D eigenvalue weighted by Crippen LogP contribution is -2.23. The summed E-state index contributed by atoms with van der Waals surface area (Å²) >= 11 is 6.94. The lowest BCUT2D eigenvalue weighted by Gasteiger charge is -2.16. The fraction of sp³-hybridized carbons (Fsp3) is 0.538. The Labute approximate surface area is 130 Å². The summed E-state index contributed by atoms with van der Waals surface area (Å²) in [6.07, 6.45) is 3.12. The molecule has 0 aliphatic rings. The molecule has 1 atom stereocenters. The molecule has 2 heterocycles. The number of hydrogen-bond donors (Lipinski definition) is 1. The summed E-state index contributed by atoms with van der Waals surface area (Å²) in [7, 11) is 0. The van der Waals surface area contributed by atoms with Crippen LogP contribution in [0.25, 0.3) is 0 Å². The van der Waals surface area contributed by atoms with Crippen molar-refractivity contribution >= 4 is 38.8 Å². The standard InChI is InChI=1S/C13H18BrN3S2/c1-3-5-10-13(19-17-16-10)11(15-4-2)8-12-9(14)6-7-18-12/h6-7,11,15H,3-5,8H2,1-2H3. The van der Waals surface area contributed by atoms with Gasteiger partial charge in [0.15, 0.2) is 0 Å². The topological polar surface area (TPSA) is 37.8 Å². The molecule has 2 aromatic heterocycles. The Balaban J connectivity index is 2.19. The van der Waals surface area contributed by atoms with Crippen LogP contribution in [0.4, 0.5) is 0 Å². The number of halogens is 1. The molecule has 104 valence electrons. The van der Waals surface area contributed by atoms with E-state index < -0.39 is 0 Å². The van der Waals surface area contributed by atoms with Gasteiger partial charge in [-0.05, 0) is 51.9 Å². The van der Waals surface area contributed by atoms with Crippen molar-refractivity contribution in [2.24, 2.45) is 0 Å². The number of nitrogens with one attached hydrogen (secondary N) is 1. The minimum atomic E-state index is 0.321. The third-order valence-electron chi connectivity index (χ3n) is 2.92. The van der Waals surface area contributed by atoms with Crippen molar-refractivity contribution in [2.75, 3.05) is 6.54 Å². The minimum Gasteiger partial charge on any atom is -0.309 e. The summed E-state index contributed by atoms with van der Waals surface area (Å²) in [5, 5.41) is 9.97. The summed E-state index contributed by atoms with van der Waals surface area (Å²) in [6.45, 7) is 5.28. The Morgan fingerprint density at radius 1 is 1.42 bits per heavy atom. The molecule has 2 rings (SSSR count). The summed E-state index contributed by atoms with van der Waals surface area (Å²) < 4.78 is 5.34. The average Bonchev–Trinajstić information content (AvgIpc) is 2.99. The largest absolute Gasteiger partial charge is 0.309 e. The lowest BCUT2D eigenvalue weighted by atomic mass is 10.1. The first-order valence-electron chi connectivity index (χ1n) is 6.52. The van der Waals surface area contributed by atoms with E-state index in [4.69, 9.17) is 0 Å². The van der Waals surface area contributed by atoms with Crippen LogP contribution in [0.3, 0.4) is 0 Å². The molecule has 1 N–H and O–H groups in total. The Morgan fingerprint density at radius 3 is 2.89 bits per heavy atom. The number of nitrogens with zero attached hydrogens (tertiary/aromatic N) is 2. The minimum absolute atomic E-state index is 0.321. The summed E-state index contributed by atoms with van der Waals surface area (Å²) in [6, 6.07) is 2.43. The van der Waals surface area contributed by atoms with Gasteiger partial charge in [-0.1, -0.05) is 24.8 Å². The Hall–Kier alpha value is -0.300. The maximum Gasteiger partial charge on any atom is 0.0803 e. The second kappa shape index (κ2) is 7.47. The Morgan fingerprint density at radius 2 is 2.26 bits per heavy atom. The van der Waals surface area contributed by atoms with Crippen LogP contribution in [-0.4, -0.2) is 16.1 Å². The molecule has 0 bridgehead atoms. The predicted molar refractivity (Wildman–Crippen MR) is 86.0 cm³/mol. The van der Waals surface area contributed by atoms with Crippen LogP contribution in [-0.2, 0) is 12.8 Å². The molecule has 0 radical (unpaired) electrons. The number of likely N-dealkylation sites (N-methyl/N-ethyl adjacent to an activating group) is 1. The first kappa shape index (κ1) is 15.1. The van der Waals surface area contributed by atoms with Crippen LogP contribution in [0.15, 0.2) is 15.9 Å². The van der Waals surface area contributed by atoms with Crippen LogP contribution < -0.4 is 5.32 Å². The highest BCUT2D eigenvalue weighted by molar-refractivity contribution is 9.10. The van der Waals surface area contributed by atoms with Crippen molar-refractivity contribution in [1.29, 1.82) is 0 Å². The highest BCUT2D eigenvalue weighted by atomic mass is 79.9. The third-order valence-corrected chi connectivity index (χ3v) is 5.75. The van der Waals surface area contributed by atoms with Crippen molar-refractivity contribution < 1.29 is 0 Å². The second-order valence-corrected chi connectivity index (χ2v) is 6.98. The van der Waals surface area contributed by atoms with Gasteiger partial charge in [-0.25, -0.2) is 0 Å². The van der Waals surface area contributed by atoms with Gasteiger partial charge < -0.3 is 5.32 Å². The van der Waals surface area contributed by atoms with Gasteiger partial charge in [-0.2, -0.15) is 0 Å². The van der Waals surface area contributed by atoms with Gasteiger partial charge in [0, 0.05) is 21.8 Å². The van der Waals surface area contributed by atoms with Crippen molar-refractivity contribution in [2.45, 2.75) is 39.2 Å². The van der Waals surface area contributed by atoms with E-state index in [1.165, 1.54) is 25.8 Å². The second-order valence-electron chi connectivity index (χ2n) is 4.34. The monoisotopic (exact) mass is 359 g/mol. The Kier molecular flexibility index (Phi) is 5.94. The van der Waals surface area contributed by atoms with Crippen LogP contribution in [0.1, 0.15) is 41.8 Å². The van der Waals surface area contributed by atoms with E-state index in [0.717, 1.165) is 31.5 Å². The highest BCUT2D eigenvalue weighted by Crippen LogP contribution is 2.30. The zero-order valence-electron chi connectivity index (χ0n) is 11.1. The number of aromatic nitrogens is 2. The third kappa shape index (κ3) is 3.84. The number of hydrogen-bond acceptors (Lipinski definition) is 5. The van der Waals surface area contributed by atoms with E-state index in [9.17, 15) is 0 Å². The van der Waals surface area contributed by atoms with E-state index in [-0.39, 0.29) is 0 Å². The summed E-state index contributed by atoms with van der Waals surface area (Å²) in [4.78, 5) is 2.67. The molecule has 0 aliphatic heterocycles. The molecule has 2 aromatic rings. The van der Waals surface area contributed by atoms with Gasteiger partial charge >= 0.3 is 0 Å². The number of aryl methyl sites for hydroxylation is 1. The molecular weight excluding hydrogens is 342 g/mol. The lowest BCUT2D eigenvalue weighted by molar-refractivity contribution is 0.554. The molecule has 0 aromatic carbocycles. The fourth-order valence-corrected chi connectivity index (χ4v) is 4.38. The molecule has 0 fully saturated rings. The van der Waals surface area contributed by atoms with Crippen LogP contribution >= 0.6 is 38.8 Å². The molecule has 0 saturated carbocycles. The van der Waals surface area contributed by atoms with Crippen molar-refractivity contribution in [3.8, 4) is 0 Å². The molecule has 0 saturated heterocycles. The molecule has 19 heavy (non-hydrogen) atoms. The van der Waals surface area contributed by atoms with E-state index >= 15 is 0 Å². The summed E-state index contributed by atoms with van der Waals surface area (Å²) in [5.74, 6) is 0. The first-order chi connectivity index (χ1) is 9.26. The Bertz CT molecular complexity index is 509. The van der Waals surface area contributed by atoms with Crippen molar-refractivity contribution in [3.63, 3.8) is 0 Å². The normalized spacial score (nSPS) is 12.8. The SMILES string of the molecule is CCCc1nnsc1C(Cc1sccc1Br)NCC. The molecule has 6 heteroatoms. The highest BCUT2D eigenvalue weighted by Gasteiger charge is 2.20. The molecular formula is C13H18BrN3S2. The van der Waals surface area contributed by atoms with E-state index in [2.05, 4.69) is 56.1 Å². The zero-order chi connectivity index (χ0) is 13.7. The zero-order valence-corrected chi connectivity index (χ0v) is 14.4. The van der Waals surface area contributed by atoms with Crippen LogP contribution in [0.2, 0.25) is 0 Å². The quantitative estimate of drug-likeness (QED) is 0.804. The smallest absolute Gasteiger partial charge is 0.0803 e. The number of thiophene rings is 1. The van der Waals surface area contributed by atoms with Gasteiger partial charge in [0.05, 0.1) is 10.6 Å². The maximum atomic E-state index is 4.28. The van der Waals surface area contributed by atoms with Crippen molar-refractivity contribution in [1.82, 2.24) is 14.9 Å². The molecule has 3 nitrogen and oxygen atoms in total. The summed E-state index contributed by atoms with van der Waals surface area (Å²) in [5.41, 5.74) is 1.16. The molecule has 0 aliphatic carbocycles. The van der Waals surface area contributed by atoms with Gasteiger partial charge in [0.2, 0.25) is 0 Å². The van der Waals surface area contributed by atoms with E-state index in [0.29, 0.717) is 6.04 Å². The molecule has 0 amide bonds. The van der Waals surface area contributed by atoms with Gasteiger partial charge in [-0.3, -0.25) is 0 Å². The van der Waals surface area contributed by atoms with Crippen LogP contribution in [0.5, 0.6) is 0 Å². The first-order valence-corrected chi connectivity index (χ1v) is 8.97. The van der Waals surface area contributed by atoms with Crippen LogP contribution in [0, 0.1) is 0 Å². The van der Waals surface area contributed by atoms with Gasteiger partial charge in [0.25, 0.3) is 0 Å². The average molecular weight is 360 g/mol. The predicted octanol–water partition coefficient (Wildman–Crippen LogP) is 4.21. The molecule has 1 unspecified atom stereocenters. The number of rotatable bonds is 7. The van der Waals surface area contributed by atoms with Gasteiger partial charge in [-0.15, -0.1) is 16.4 Å². The molecule has 0 spiro atoms. The van der Waals surface area contributed by atoms with Crippen molar-refractivity contribution in [3.05, 3.63) is 31.4 Å². The van der Waals surface area contributed by atoms with E-state index in [1.807, 2.05) is 0 Å². The van der Waals surface area contributed by atoms with Gasteiger partial charge in [0.1, 0.15) is 0 Å². The fourth-order valence-electron chi connectivity index (χ4n) is 2.05. The van der Waals surface area contributed by atoms with E-state index in [1.54, 1.807) is 11.3 Å². The maximum absolute atomic E-state index is 4.28.